The van der Waals surface area contributed by atoms with Crippen LogP contribution in [0.2, 0.25) is 0 Å². The van der Waals surface area contributed by atoms with Gasteiger partial charge in [-0.2, -0.15) is 0 Å². The molecule has 14 heteroatoms. The lowest BCUT2D eigenvalue weighted by molar-refractivity contribution is -0.0716. The van der Waals surface area contributed by atoms with E-state index >= 15 is 0 Å². The van der Waals surface area contributed by atoms with Crippen molar-refractivity contribution in [3.63, 3.8) is 0 Å². The Kier molecular flexibility index (Phi) is 27.9. The average molecular weight is 1200 g/mol. The summed E-state index contributed by atoms with van der Waals surface area (Å²) in [6, 6.07) is 4.60. The maximum atomic E-state index is 7.37. The summed E-state index contributed by atoms with van der Waals surface area (Å²) in [5.41, 5.74) is 1.20. The van der Waals surface area contributed by atoms with E-state index < -0.39 is 10.8 Å². The standard InChI is InChI=1S/C68H109NO10S3/c1-12-21-26-27-34-69-55(63-59-58(50(11)80-63)76-45-67(46-77-59,41-70-37-51(17-6)28-22-13-2)42-71-38-52(18-7)29-23-14-3)32-33-56(69)64-61-62(66(82-64)65-60-57(49(10)81-65)74-35-36-75-60)79-48-68(47-78-61,43-72-39-53(19-8)30-24-15-4)44-73-40-54(20-9)31-25-16-5/h32-33,51-54H,12-31,34-48H2,1-11H3. The zero-order valence-corrected chi connectivity index (χ0v) is 55.4. The maximum absolute atomic E-state index is 7.37. The quantitative estimate of drug-likeness (QED) is 0.0401. The van der Waals surface area contributed by atoms with Crippen LogP contribution in [0.4, 0.5) is 0 Å². The van der Waals surface area contributed by atoms with Gasteiger partial charge in [-0.15, -0.1) is 34.0 Å². The summed E-state index contributed by atoms with van der Waals surface area (Å²) in [5.74, 6) is 6.91. The molecule has 0 amide bonds. The largest absolute Gasteiger partial charge is 0.488 e. The number of aryl methyl sites for hydroxylation is 2. The summed E-state index contributed by atoms with van der Waals surface area (Å²) >= 11 is 5.21. The number of ether oxygens (including phenoxy) is 10. The van der Waals surface area contributed by atoms with Gasteiger partial charge in [0.1, 0.15) is 39.6 Å². The van der Waals surface area contributed by atoms with Gasteiger partial charge in [-0.05, 0) is 81.8 Å². The smallest absolute Gasteiger partial charge is 0.182 e. The number of fused-ring (bicyclic) bond motifs is 3. The van der Waals surface area contributed by atoms with Gasteiger partial charge in [0.2, 0.25) is 0 Å². The van der Waals surface area contributed by atoms with Gasteiger partial charge < -0.3 is 51.9 Å². The van der Waals surface area contributed by atoms with Crippen LogP contribution in [-0.2, 0) is 25.5 Å². The molecule has 7 heterocycles. The molecule has 0 radical (unpaired) electrons. The van der Waals surface area contributed by atoms with E-state index in [4.69, 9.17) is 47.4 Å². The molecule has 3 aliphatic rings. The number of hydrogen-bond acceptors (Lipinski definition) is 13. The third-order valence-electron chi connectivity index (χ3n) is 17.6. The van der Waals surface area contributed by atoms with Crippen LogP contribution in [0, 0.1) is 48.3 Å². The minimum absolute atomic E-state index is 0.402. The van der Waals surface area contributed by atoms with Gasteiger partial charge in [0.25, 0.3) is 0 Å². The second-order valence-electron chi connectivity index (χ2n) is 24.6. The molecule has 3 aliphatic heterocycles. The second-order valence-corrected chi connectivity index (χ2v) is 28.1. The van der Waals surface area contributed by atoms with Crippen molar-refractivity contribution in [3.05, 3.63) is 21.9 Å². The van der Waals surface area contributed by atoms with Gasteiger partial charge >= 0.3 is 0 Å². The molecule has 0 saturated carbocycles. The highest BCUT2D eigenvalue weighted by molar-refractivity contribution is 7.25. The molecule has 464 valence electrons. The van der Waals surface area contributed by atoms with Crippen molar-refractivity contribution in [2.24, 2.45) is 34.5 Å². The number of hydrogen-bond donors (Lipinski definition) is 0. The van der Waals surface area contributed by atoms with Gasteiger partial charge in [-0.1, -0.05) is 159 Å². The summed E-state index contributed by atoms with van der Waals surface area (Å²) in [7, 11) is 0. The molecule has 4 aromatic rings. The molecule has 4 atom stereocenters. The van der Waals surface area contributed by atoms with Crippen LogP contribution >= 0.6 is 34.0 Å². The lowest BCUT2D eigenvalue weighted by atomic mass is 9.91. The van der Waals surface area contributed by atoms with E-state index in [2.05, 4.69) is 92.9 Å². The number of aromatic nitrogens is 1. The van der Waals surface area contributed by atoms with Crippen molar-refractivity contribution in [2.45, 2.75) is 211 Å². The highest BCUT2D eigenvalue weighted by atomic mass is 32.1. The highest BCUT2D eigenvalue weighted by Gasteiger charge is 2.43. The van der Waals surface area contributed by atoms with Crippen molar-refractivity contribution in [3.8, 4) is 65.4 Å². The highest BCUT2D eigenvalue weighted by Crippen LogP contribution is 2.61. The van der Waals surface area contributed by atoms with E-state index in [1.165, 1.54) is 83.5 Å². The summed E-state index contributed by atoms with van der Waals surface area (Å²) < 4.78 is 71.2. The first-order valence-corrected chi connectivity index (χ1v) is 35.2. The topological polar surface area (TPSA) is 97.2 Å². The van der Waals surface area contributed by atoms with Crippen LogP contribution in [0.3, 0.4) is 0 Å². The Bertz CT molecular complexity index is 2410. The second kappa shape index (κ2) is 34.4. The Morgan fingerprint density at radius 2 is 0.732 bits per heavy atom. The first-order valence-electron chi connectivity index (χ1n) is 32.8. The molecule has 11 nitrogen and oxygen atoms in total. The predicted octanol–water partition coefficient (Wildman–Crippen LogP) is 19.1. The lowest BCUT2D eigenvalue weighted by Crippen LogP contribution is -2.43. The average Bonchev–Trinajstić information content (AvgIpc) is 2.85. The Hall–Kier alpha value is -2.98. The molecular weight excluding hydrogens is 1090 g/mol. The van der Waals surface area contributed by atoms with Crippen LogP contribution in [0.1, 0.15) is 200 Å². The number of unbranched alkanes of at least 4 members (excludes halogenated alkanes) is 7. The molecule has 0 saturated heterocycles. The molecule has 82 heavy (non-hydrogen) atoms. The van der Waals surface area contributed by atoms with Crippen LogP contribution in [0.5, 0.6) is 34.5 Å². The third kappa shape index (κ3) is 17.6. The predicted molar refractivity (Wildman–Crippen MR) is 342 cm³/mol. The minimum atomic E-state index is -0.538. The monoisotopic (exact) mass is 1200 g/mol. The van der Waals surface area contributed by atoms with Gasteiger partial charge in [-0.25, -0.2) is 0 Å². The van der Waals surface area contributed by atoms with Gasteiger partial charge in [0.15, 0.2) is 34.5 Å². The van der Waals surface area contributed by atoms with Crippen molar-refractivity contribution in [2.75, 3.05) is 92.5 Å². The molecule has 7 rings (SSSR count). The Morgan fingerprint density at radius 1 is 0.402 bits per heavy atom. The van der Waals surface area contributed by atoms with Crippen LogP contribution in [-0.4, -0.2) is 97.1 Å². The molecule has 0 fully saturated rings. The van der Waals surface area contributed by atoms with Crippen LogP contribution in [0.25, 0.3) is 30.9 Å². The molecule has 0 aliphatic carbocycles. The summed E-state index contributed by atoms with van der Waals surface area (Å²) in [4.78, 5) is 6.34. The first kappa shape index (κ1) is 66.5. The lowest BCUT2D eigenvalue weighted by Gasteiger charge is -2.32. The van der Waals surface area contributed by atoms with E-state index in [1.54, 1.807) is 34.0 Å². The first-order chi connectivity index (χ1) is 40.0. The van der Waals surface area contributed by atoms with E-state index in [0.717, 1.165) is 153 Å². The van der Waals surface area contributed by atoms with Gasteiger partial charge in [0, 0.05) is 42.7 Å². The van der Waals surface area contributed by atoms with E-state index in [1.807, 2.05) is 0 Å². The molecule has 0 N–H and O–H groups in total. The van der Waals surface area contributed by atoms with Crippen LogP contribution < -0.4 is 28.4 Å². The summed E-state index contributed by atoms with van der Waals surface area (Å²) in [5, 5.41) is 0. The molecule has 4 aromatic heterocycles. The van der Waals surface area contributed by atoms with E-state index in [9.17, 15) is 0 Å². The van der Waals surface area contributed by atoms with Crippen LogP contribution in [0.15, 0.2) is 12.1 Å². The fraction of sp³-hybridized carbons (Fsp3) is 0.765. The normalized spacial score (nSPS) is 19.3. The van der Waals surface area contributed by atoms with Gasteiger partial charge in [0.05, 0.1) is 68.2 Å². The summed E-state index contributed by atoms with van der Waals surface area (Å²) in [6.07, 6.45) is 23.3. The van der Waals surface area contributed by atoms with Gasteiger partial charge in [-0.3, -0.25) is 0 Å². The number of thiophene rings is 3. The van der Waals surface area contributed by atoms with Crippen molar-refractivity contribution < 1.29 is 47.4 Å². The van der Waals surface area contributed by atoms with E-state index in [-0.39, 0.29) is 0 Å². The molecule has 0 bridgehead atoms. The third-order valence-corrected chi connectivity index (χ3v) is 21.1. The van der Waals surface area contributed by atoms with E-state index in [0.29, 0.717) is 89.7 Å². The molecule has 4 unspecified atom stereocenters. The Labute approximate surface area is 508 Å². The number of rotatable bonds is 40. The molecular formula is C68H109NO10S3. The van der Waals surface area contributed by atoms with Crippen molar-refractivity contribution in [1.29, 1.82) is 0 Å². The summed E-state index contributed by atoms with van der Waals surface area (Å²) in [6.45, 7) is 33.4. The van der Waals surface area contributed by atoms with Crippen molar-refractivity contribution >= 4 is 34.0 Å². The maximum Gasteiger partial charge on any atom is 0.182 e. The fourth-order valence-corrected chi connectivity index (χ4v) is 15.2. The number of nitrogens with zero attached hydrogens (tertiary/aromatic N) is 1. The molecule has 0 aromatic carbocycles. The fourth-order valence-electron chi connectivity index (χ4n) is 11.8. The SMILES string of the molecule is CCCCCCn1c(-c2sc(C)c3c2OCC(COCC(CC)CCCC)(COCC(CC)CCCC)CO3)ccc1-c1sc(-c2sc(C)c3c2OCCO3)c2c1OCC(COCC(CC)CCCC)(COCC(CC)CCCC)CO2. The molecule has 0 spiro atoms. The Morgan fingerprint density at radius 3 is 1.15 bits per heavy atom. The Balaban J connectivity index is 1.27. The zero-order valence-electron chi connectivity index (χ0n) is 53.0. The minimum Gasteiger partial charge on any atom is -0.488 e. The van der Waals surface area contributed by atoms with Crippen molar-refractivity contribution in [1.82, 2.24) is 4.57 Å². The zero-order chi connectivity index (χ0) is 58.3.